The Morgan fingerprint density at radius 3 is 2.07 bits per heavy atom. The number of carbonyl (C=O) groups excluding carboxylic acids is 2. The van der Waals surface area contributed by atoms with Crippen LogP contribution in [0.25, 0.3) is 0 Å². The largest absolute Gasteiger partial charge is 0.458 e. The number of esters is 1. The molecule has 1 atom stereocenters. The van der Waals surface area contributed by atoms with Gasteiger partial charge in [-0.05, 0) is 57.9 Å². The number of ether oxygens (including phenoxy) is 2. The van der Waals surface area contributed by atoms with Gasteiger partial charge < -0.3 is 14.8 Å². The molecule has 1 amide bonds. The SMILES string of the molecule is CC(C)(C)OC(=O)NC(Cc1ccccc1)C(=O)OC(C)(C)Cc1ccc(Cl)cc1. The average Bonchev–Trinajstić information content (AvgIpc) is 2.62. The van der Waals surface area contributed by atoms with Gasteiger partial charge >= 0.3 is 12.1 Å². The first kappa shape index (κ1) is 23.7. The number of benzene rings is 2. The highest BCUT2D eigenvalue weighted by atomic mass is 35.5. The minimum atomic E-state index is -0.869. The van der Waals surface area contributed by atoms with Gasteiger partial charge in [0.05, 0.1) is 0 Å². The van der Waals surface area contributed by atoms with Gasteiger partial charge in [0.2, 0.25) is 0 Å². The van der Waals surface area contributed by atoms with Crippen molar-refractivity contribution in [1.82, 2.24) is 5.32 Å². The van der Waals surface area contributed by atoms with Crippen LogP contribution in [0.15, 0.2) is 54.6 Å². The molecule has 0 saturated carbocycles. The maximum absolute atomic E-state index is 13.0. The number of rotatable bonds is 7. The number of carbonyl (C=O) groups is 2. The van der Waals surface area contributed by atoms with Gasteiger partial charge in [-0.25, -0.2) is 9.59 Å². The number of halogens is 1. The Bertz CT molecular complexity index is 842. The molecular formula is C24H30ClNO4. The fourth-order valence-electron chi connectivity index (χ4n) is 2.97. The van der Waals surface area contributed by atoms with E-state index in [1.807, 2.05) is 56.3 Å². The van der Waals surface area contributed by atoms with Crippen LogP contribution in [0, 0.1) is 0 Å². The summed E-state index contributed by atoms with van der Waals surface area (Å²) in [7, 11) is 0. The van der Waals surface area contributed by atoms with Crippen LogP contribution in [0.2, 0.25) is 5.02 Å². The van der Waals surface area contributed by atoms with E-state index in [1.165, 1.54) is 0 Å². The van der Waals surface area contributed by atoms with Crippen molar-refractivity contribution in [3.05, 3.63) is 70.7 Å². The quantitative estimate of drug-likeness (QED) is 0.601. The molecule has 0 heterocycles. The summed E-state index contributed by atoms with van der Waals surface area (Å²) < 4.78 is 11.1. The molecule has 1 N–H and O–H groups in total. The van der Waals surface area contributed by atoms with Crippen molar-refractivity contribution in [3.8, 4) is 0 Å². The van der Waals surface area contributed by atoms with Crippen LogP contribution in [0.5, 0.6) is 0 Å². The van der Waals surface area contributed by atoms with Gasteiger partial charge in [0.1, 0.15) is 17.2 Å². The topological polar surface area (TPSA) is 64.6 Å². The zero-order valence-corrected chi connectivity index (χ0v) is 19.0. The number of hydrogen-bond donors (Lipinski definition) is 1. The molecular weight excluding hydrogens is 402 g/mol. The Morgan fingerprint density at radius 2 is 1.50 bits per heavy atom. The predicted molar refractivity (Wildman–Crippen MR) is 119 cm³/mol. The summed E-state index contributed by atoms with van der Waals surface area (Å²) in [6.45, 7) is 8.99. The summed E-state index contributed by atoms with van der Waals surface area (Å²) in [6, 6.07) is 16.0. The number of amides is 1. The third-order valence-electron chi connectivity index (χ3n) is 4.18. The Hall–Kier alpha value is -2.53. The summed E-state index contributed by atoms with van der Waals surface area (Å²) >= 11 is 5.94. The maximum atomic E-state index is 13.0. The fraction of sp³-hybridized carbons (Fsp3) is 0.417. The van der Waals surface area contributed by atoms with E-state index in [-0.39, 0.29) is 0 Å². The molecule has 2 rings (SSSR count). The molecule has 162 valence electrons. The third kappa shape index (κ3) is 8.46. The molecule has 0 spiro atoms. The number of hydrogen-bond acceptors (Lipinski definition) is 4. The molecule has 30 heavy (non-hydrogen) atoms. The minimum Gasteiger partial charge on any atom is -0.458 e. The monoisotopic (exact) mass is 431 g/mol. The standard InChI is InChI=1S/C24H30ClNO4/c1-23(2,3)30-22(28)26-20(15-17-9-7-6-8-10-17)21(27)29-24(4,5)16-18-11-13-19(25)14-12-18/h6-14,20H,15-16H2,1-5H3,(H,26,28). The second-order valence-corrected chi connectivity index (χ2v) is 9.31. The molecule has 0 radical (unpaired) electrons. The third-order valence-corrected chi connectivity index (χ3v) is 4.43. The molecule has 5 nitrogen and oxygen atoms in total. The molecule has 0 bridgehead atoms. The first-order valence-electron chi connectivity index (χ1n) is 9.94. The molecule has 6 heteroatoms. The van der Waals surface area contributed by atoms with Crippen molar-refractivity contribution in [2.75, 3.05) is 0 Å². The highest BCUT2D eigenvalue weighted by Gasteiger charge is 2.31. The summed E-state index contributed by atoms with van der Waals surface area (Å²) in [4.78, 5) is 25.3. The molecule has 1 unspecified atom stereocenters. The van der Waals surface area contributed by atoms with Crippen molar-refractivity contribution in [3.63, 3.8) is 0 Å². The second kappa shape index (κ2) is 9.98. The lowest BCUT2D eigenvalue weighted by Crippen LogP contribution is -2.47. The number of alkyl carbamates (subject to hydrolysis) is 1. The Balaban J connectivity index is 2.11. The Morgan fingerprint density at radius 1 is 0.900 bits per heavy atom. The first-order chi connectivity index (χ1) is 13.9. The van der Waals surface area contributed by atoms with E-state index >= 15 is 0 Å². The van der Waals surface area contributed by atoms with E-state index in [1.54, 1.807) is 32.9 Å². The van der Waals surface area contributed by atoms with Crippen molar-refractivity contribution >= 4 is 23.7 Å². The van der Waals surface area contributed by atoms with E-state index in [0.717, 1.165) is 11.1 Å². The minimum absolute atomic E-state index is 0.302. The summed E-state index contributed by atoms with van der Waals surface area (Å²) in [6.07, 6.45) is 0.159. The Labute approximate surface area is 183 Å². The van der Waals surface area contributed by atoms with Crippen molar-refractivity contribution in [1.29, 1.82) is 0 Å². The first-order valence-corrected chi connectivity index (χ1v) is 10.3. The van der Waals surface area contributed by atoms with E-state index < -0.39 is 29.3 Å². The summed E-state index contributed by atoms with van der Waals surface area (Å²) in [5.74, 6) is -0.510. The van der Waals surface area contributed by atoms with Crippen LogP contribution in [-0.2, 0) is 27.1 Å². The van der Waals surface area contributed by atoms with Crippen molar-refractivity contribution in [2.24, 2.45) is 0 Å². The van der Waals surface area contributed by atoms with Crippen molar-refractivity contribution < 1.29 is 19.1 Å². The Kier molecular flexibility index (Phi) is 7.90. The molecule has 0 aliphatic rings. The van der Waals surface area contributed by atoms with E-state index in [2.05, 4.69) is 5.32 Å². The van der Waals surface area contributed by atoms with E-state index in [4.69, 9.17) is 21.1 Å². The summed E-state index contributed by atoms with van der Waals surface area (Å²) in [5, 5.41) is 3.31. The zero-order valence-electron chi connectivity index (χ0n) is 18.2. The van der Waals surface area contributed by atoms with Crippen LogP contribution in [0.1, 0.15) is 45.7 Å². The van der Waals surface area contributed by atoms with Crippen LogP contribution in [0.3, 0.4) is 0 Å². The van der Waals surface area contributed by atoms with Gasteiger partial charge in [0.25, 0.3) is 0 Å². The second-order valence-electron chi connectivity index (χ2n) is 8.87. The lowest BCUT2D eigenvalue weighted by Gasteiger charge is -2.29. The van der Waals surface area contributed by atoms with Gasteiger partial charge in [-0.3, -0.25) is 0 Å². The van der Waals surface area contributed by atoms with Crippen LogP contribution in [-0.4, -0.2) is 29.3 Å². The van der Waals surface area contributed by atoms with Gasteiger partial charge in [0.15, 0.2) is 0 Å². The molecule has 0 aliphatic carbocycles. The van der Waals surface area contributed by atoms with Crippen LogP contribution < -0.4 is 5.32 Å². The van der Waals surface area contributed by atoms with E-state index in [9.17, 15) is 9.59 Å². The number of nitrogens with one attached hydrogen (secondary N) is 1. The molecule has 2 aromatic carbocycles. The van der Waals surface area contributed by atoms with Gasteiger partial charge in [0, 0.05) is 17.9 Å². The van der Waals surface area contributed by atoms with Crippen LogP contribution in [0.4, 0.5) is 4.79 Å². The normalized spacial score (nSPS) is 12.7. The van der Waals surface area contributed by atoms with Gasteiger partial charge in [-0.1, -0.05) is 54.1 Å². The summed E-state index contributed by atoms with van der Waals surface area (Å²) in [5.41, 5.74) is 0.470. The molecule has 0 fully saturated rings. The lowest BCUT2D eigenvalue weighted by molar-refractivity contribution is -0.159. The molecule has 0 aromatic heterocycles. The van der Waals surface area contributed by atoms with Crippen LogP contribution >= 0.6 is 11.6 Å². The average molecular weight is 432 g/mol. The maximum Gasteiger partial charge on any atom is 0.408 e. The predicted octanol–water partition coefficient (Wildman–Crippen LogP) is 5.34. The van der Waals surface area contributed by atoms with E-state index in [0.29, 0.717) is 17.9 Å². The smallest absolute Gasteiger partial charge is 0.408 e. The van der Waals surface area contributed by atoms with Crippen molar-refractivity contribution in [2.45, 2.75) is 64.7 Å². The molecule has 2 aromatic rings. The zero-order chi connectivity index (χ0) is 22.4. The lowest BCUT2D eigenvalue weighted by atomic mass is 9.98. The highest BCUT2D eigenvalue weighted by Crippen LogP contribution is 2.20. The highest BCUT2D eigenvalue weighted by molar-refractivity contribution is 6.30. The molecule has 0 saturated heterocycles. The fourth-order valence-corrected chi connectivity index (χ4v) is 3.09. The molecule has 0 aliphatic heterocycles. The van der Waals surface area contributed by atoms with Gasteiger partial charge in [-0.15, -0.1) is 0 Å². The van der Waals surface area contributed by atoms with Gasteiger partial charge in [-0.2, -0.15) is 0 Å².